The summed E-state index contributed by atoms with van der Waals surface area (Å²) in [5, 5.41) is 11.6. The van der Waals surface area contributed by atoms with Gasteiger partial charge in [0.25, 0.3) is 5.91 Å². The molecule has 0 aliphatic rings. The van der Waals surface area contributed by atoms with Crippen LogP contribution in [0.5, 0.6) is 0 Å². The largest absolute Gasteiger partial charge is 0.440 e. The first kappa shape index (κ1) is 14.2. The highest BCUT2D eigenvalue weighted by Crippen LogP contribution is 2.19. The number of halogens is 1. The Morgan fingerprint density at radius 2 is 2.20 bits per heavy atom. The molecule has 0 spiro atoms. The second-order valence-electron chi connectivity index (χ2n) is 4.07. The summed E-state index contributed by atoms with van der Waals surface area (Å²) in [6.45, 7) is 1.66. The van der Waals surface area contributed by atoms with E-state index in [0.29, 0.717) is 11.3 Å². The minimum absolute atomic E-state index is 0.123. The maximum atomic E-state index is 12.0. The lowest BCUT2D eigenvalue weighted by molar-refractivity contribution is 0.0996. The Morgan fingerprint density at radius 3 is 2.85 bits per heavy atom. The Labute approximate surface area is 121 Å². The first-order chi connectivity index (χ1) is 9.60. The summed E-state index contributed by atoms with van der Waals surface area (Å²) >= 11 is 5.64. The summed E-state index contributed by atoms with van der Waals surface area (Å²) in [5.74, 6) is 5.05. The van der Waals surface area contributed by atoms with Gasteiger partial charge in [0.15, 0.2) is 11.0 Å². The fourth-order valence-electron chi connectivity index (χ4n) is 1.63. The number of furan rings is 1. The molecule has 1 heterocycles. The van der Waals surface area contributed by atoms with Gasteiger partial charge in [0.05, 0.1) is 5.69 Å². The molecular weight excluding hydrogens is 278 g/mol. The molecule has 20 heavy (non-hydrogen) atoms. The summed E-state index contributed by atoms with van der Waals surface area (Å²) in [6, 6.07) is 8.44. The quantitative estimate of drug-likeness (QED) is 0.836. The summed E-state index contributed by atoms with van der Waals surface area (Å²) in [4.78, 5) is 12.0. The fraction of sp³-hybridized carbons (Fsp3) is 0.133. The van der Waals surface area contributed by atoms with Crippen LogP contribution >= 0.6 is 11.6 Å². The van der Waals surface area contributed by atoms with Crippen LogP contribution in [0.25, 0.3) is 0 Å². The van der Waals surface area contributed by atoms with Gasteiger partial charge in [-0.25, -0.2) is 0 Å². The molecule has 0 saturated carbocycles. The van der Waals surface area contributed by atoms with Crippen molar-refractivity contribution < 1.29 is 14.3 Å². The summed E-state index contributed by atoms with van der Waals surface area (Å²) < 4.78 is 5.05. The first-order valence-corrected chi connectivity index (χ1v) is 6.25. The van der Waals surface area contributed by atoms with Crippen LogP contribution in [-0.4, -0.2) is 17.6 Å². The molecule has 2 N–H and O–H groups in total. The topological polar surface area (TPSA) is 62.5 Å². The van der Waals surface area contributed by atoms with Crippen molar-refractivity contribution in [3.63, 3.8) is 0 Å². The molecule has 1 aromatic heterocycles. The van der Waals surface area contributed by atoms with Crippen molar-refractivity contribution in [3.8, 4) is 11.8 Å². The Kier molecular flexibility index (Phi) is 4.46. The number of benzene rings is 1. The normalized spacial score (nSPS) is 9.75. The highest BCUT2D eigenvalue weighted by atomic mass is 35.5. The van der Waals surface area contributed by atoms with Gasteiger partial charge >= 0.3 is 0 Å². The van der Waals surface area contributed by atoms with Gasteiger partial charge in [-0.2, -0.15) is 0 Å². The molecule has 0 atom stereocenters. The number of carbonyl (C=O) groups is 1. The predicted molar refractivity (Wildman–Crippen MR) is 76.8 cm³/mol. The van der Waals surface area contributed by atoms with Crippen molar-refractivity contribution in [2.75, 3.05) is 11.9 Å². The van der Waals surface area contributed by atoms with Gasteiger partial charge in [0, 0.05) is 5.56 Å². The van der Waals surface area contributed by atoms with E-state index in [1.54, 1.807) is 12.1 Å². The molecule has 5 heteroatoms. The highest BCUT2D eigenvalue weighted by Gasteiger charge is 2.12. The number of rotatable bonds is 2. The van der Waals surface area contributed by atoms with Crippen molar-refractivity contribution in [2.24, 2.45) is 0 Å². The van der Waals surface area contributed by atoms with Gasteiger partial charge in [0.2, 0.25) is 0 Å². The predicted octanol–water partition coefficient (Wildman–Crippen LogP) is 2.84. The molecule has 0 unspecified atom stereocenters. The molecule has 0 aliphatic heterocycles. The molecule has 0 bridgehead atoms. The number of anilines is 1. The van der Waals surface area contributed by atoms with Crippen LogP contribution in [0.3, 0.4) is 0 Å². The minimum atomic E-state index is -0.408. The number of hydrogen-bond acceptors (Lipinski definition) is 3. The smallest absolute Gasteiger partial charge is 0.291 e. The van der Waals surface area contributed by atoms with Gasteiger partial charge in [-0.1, -0.05) is 17.9 Å². The van der Waals surface area contributed by atoms with E-state index in [1.165, 1.54) is 12.1 Å². The highest BCUT2D eigenvalue weighted by molar-refractivity contribution is 6.29. The van der Waals surface area contributed by atoms with E-state index in [0.717, 1.165) is 5.56 Å². The van der Waals surface area contributed by atoms with Crippen LogP contribution in [0, 0.1) is 18.8 Å². The van der Waals surface area contributed by atoms with Crippen LogP contribution in [0.2, 0.25) is 5.22 Å². The van der Waals surface area contributed by atoms with Crippen molar-refractivity contribution in [1.82, 2.24) is 0 Å². The van der Waals surface area contributed by atoms with Gasteiger partial charge in [-0.05, 0) is 48.4 Å². The summed E-state index contributed by atoms with van der Waals surface area (Å²) in [7, 11) is 0. The average molecular weight is 290 g/mol. The number of aryl methyl sites for hydroxylation is 1. The number of amides is 1. The van der Waals surface area contributed by atoms with Crippen LogP contribution in [0.15, 0.2) is 34.7 Å². The third-order valence-corrected chi connectivity index (χ3v) is 2.73. The molecular formula is C15H12ClNO3. The van der Waals surface area contributed by atoms with Crippen LogP contribution in [0.4, 0.5) is 5.69 Å². The summed E-state index contributed by atoms with van der Waals surface area (Å²) in [6.07, 6.45) is 0. The second kappa shape index (κ2) is 6.29. The zero-order valence-electron chi connectivity index (χ0n) is 10.7. The van der Waals surface area contributed by atoms with E-state index in [2.05, 4.69) is 17.2 Å². The van der Waals surface area contributed by atoms with Gasteiger partial charge < -0.3 is 14.8 Å². The molecule has 2 rings (SSSR count). The van der Waals surface area contributed by atoms with E-state index in [9.17, 15) is 4.79 Å². The van der Waals surface area contributed by atoms with E-state index in [-0.39, 0.29) is 17.6 Å². The Balaban J connectivity index is 2.28. The lowest BCUT2D eigenvalue weighted by Gasteiger charge is -2.07. The maximum absolute atomic E-state index is 12.0. The Morgan fingerprint density at radius 1 is 1.40 bits per heavy atom. The molecule has 102 valence electrons. The van der Waals surface area contributed by atoms with Crippen LogP contribution < -0.4 is 5.32 Å². The monoisotopic (exact) mass is 289 g/mol. The summed E-state index contributed by atoms with van der Waals surface area (Å²) in [5.41, 5.74) is 2.16. The molecule has 0 aliphatic carbocycles. The first-order valence-electron chi connectivity index (χ1n) is 5.87. The lowest BCUT2D eigenvalue weighted by atomic mass is 10.1. The van der Waals surface area contributed by atoms with Crippen molar-refractivity contribution in [3.05, 3.63) is 52.4 Å². The van der Waals surface area contributed by atoms with Gasteiger partial charge in [0.1, 0.15) is 6.61 Å². The van der Waals surface area contributed by atoms with Crippen molar-refractivity contribution in [2.45, 2.75) is 6.92 Å². The van der Waals surface area contributed by atoms with Crippen molar-refractivity contribution >= 4 is 23.2 Å². The molecule has 1 aromatic carbocycles. The molecule has 1 amide bonds. The van der Waals surface area contributed by atoms with Crippen LogP contribution in [-0.2, 0) is 0 Å². The molecule has 4 nitrogen and oxygen atoms in total. The van der Waals surface area contributed by atoms with E-state index in [4.69, 9.17) is 21.1 Å². The standard InChI is InChI=1S/C15H12ClNO3/c1-10-4-5-11(3-2-8-18)12(9-10)17-15(19)13-6-7-14(16)20-13/h4-7,9,18H,8H2,1H3,(H,17,19). The van der Waals surface area contributed by atoms with E-state index < -0.39 is 5.91 Å². The molecule has 2 aromatic rings. The average Bonchev–Trinajstić information content (AvgIpc) is 2.85. The fourth-order valence-corrected chi connectivity index (χ4v) is 1.77. The number of aliphatic hydroxyl groups excluding tert-OH is 1. The van der Waals surface area contributed by atoms with E-state index >= 15 is 0 Å². The maximum Gasteiger partial charge on any atom is 0.291 e. The molecule has 0 fully saturated rings. The van der Waals surface area contributed by atoms with E-state index in [1.807, 2.05) is 13.0 Å². The van der Waals surface area contributed by atoms with Gasteiger partial charge in [-0.3, -0.25) is 4.79 Å². The van der Waals surface area contributed by atoms with Gasteiger partial charge in [-0.15, -0.1) is 0 Å². The Bertz CT molecular complexity index is 695. The third-order valence-electron chi connectivity index (χ3n) is 2.52. The molecule has 0 radical (unpaired) electrons. The Hall–Kier alpha value is -2.22. The molecule has 0 saturated heterocycles. The van der Waals surface area contributed by atoms with Crippen LogP contribution in [0.1, 0.15) is 21.7 Å². The van der Waals surface area contributed by atoms with Crippen molar-refractivity contribution in [1.29, 1.82) is 0 Å². The minimum Gasteiger partial charge on any atom is -0.440 e. The zero-order chi connectivity index (χ0) is 14.5. The third kappa shape index (κ3) is 3.41. The second-order valence-corrected chi connectivity index (χ2v) is 4.44. The number of carbonyl (C=O) groups excluding carboxylic acids is 1. The lowest BCUT2D eigenvalue weighted by Crippen LogP contribution is -2.12. The SMILES string of the molecule is Cc1ccc(C#CCO)c(NC(=O)c2ccc(Cl)o2)c1. The number of nitrogens with one attached hydrogen (secondary N) is 1. The number of aliphatic hydroxyl groups is 1. The number of hydrogen-bond donors (Lipinski definition) is 2. The zero-order valence-corrected chi connectivity index (χ0v) is 11.5.